The quantitative estimate of drug-likeness (QED) is 0.604. The van der Waals surface area contributed by atoms with Crippen molar-refractivity contribution in [3.8, 4) is 0 Å². The van der Waals surface area contributed by atoms with Gasteiger partial charge in [0.15, 0.2) is 0 Å². The zero-order valence-corrected chi connectivity index (χ0v) is 14.4. The molecule has 1 aromatic carbocycles. The monoisotopic (exact) mass is 346 g/mol. The molecule has 2 unspecified atom stereocenters. The second kappa shape index (κ2) is 8.40. The van der Waals surface area contributed by atoms with Crippen LogP contribution in [0, 0.1) is 16.0 Å². The first-order valence-electron chi connectivity index (χ1n) is 9.09. The molecule has 7 heteroatoms. The Bertz CT molecular complexity index is 616. The molecule has 2 saturated heterocycles. The first-order valence-corrected chi connectivity index (χ1v) is 9.09. The number of nitro groups is 1. The van der Waals surface area contributed by atoms with Crippen molar-refractivity contribution in [2.45, 2.75) is 38.3 Å². The number of hydrogen-bond donors (Lipinski definition) is 2. The van der Waals surface area contributed by atoms with Crippen molar-refractivity contribution < 1.29 is 9.72 Å². The van der Waals surface area contributed by atoms with Gasteiger partial charge in [0, 0.05) is 31.3 Å². The largest absolute Gasteiger partial charge is 0.354 e. The summed E-state index contributed by atoms with van der Waals surface area (Å²) in [6, 6.07) is 6.90. The Hall–Kier alpha value is -1.99. The molecule has 136 valence electrons. The molecule has 2 heterocycles. The predicted octanol–water partition coefficient (Wildman–Crippen LogP) is 1.67. The zero-order chi connectivity index (χ0) is 17.6. The number of benzene rings is 1. The van der Waals surface area contributed by atoms with E-state index in [4.69, 9.17) is 0 Å². The normalized spacial score (nSPS) is 24.2. The number of carbonyl (C=O) groups excluding carboxylic acids is 1. The van der Waals surface area contributed by atoms with Crippen LogP contribution in [-0.2, 0) is 11.3 Å². The summed E-state index contributed by atoms with van der Waals surface area (Å²) in [5.74, 6) is 0.509. The number of para-hydroxylation sites is 1. The van der Waals surface area contributed by atoms with Gasteiger partial charge in [-0.1, -0.05) is 18.2 Å². The van der Waals surface area contributed by atoms with Gasteiger partial charge in [-0.15, -0.1) is 0 Å². The van der Waals surface area contributed by atoms with Crippen LogP contribution >= 0.6 is 0 Å². The molecule has 1 aromatic rings. The number of nitro benzene ring substituents is 1. The molecule has 3 rings (SSSR count). The van der Waals surface area contributed by atoms with E-state index in [1.807, 2.05) is 12.1 Å². The van der Waals surface area contributed by atoms with E-state index in [9.17, 15) is 14.9 Å². The number of carbonyl (C=O) groups is 1. The van der Waals surface area contributed by atoms with Gasteiger partial charge >= 0.3 is 0 Å². The summed E-state index contributed by atoms with van der Waals surface area (Å²) in [5, 5.41) is 17.5. The topological polar surface area (TPSA) is 87.5 Å². The third-order valence-corrected chi connectivity index (χ3v) is 5.13. The Balaban J connectivity index is 1.51. The van der Waals surface area contributed by atoms with Crippen molar-refractivity contribution >= 4 is 11.6 Å². The lowest BCUT2D eigenvalue weighted by Gasteiger charge is -2.33. The maximum Gasteiger partial charge on any atom is 0.273 e. The fourth-order valence-electron chi connectivity index (χ4n) is 3.80. The number of amides is 1. The minimum absolute atomic E-state index is 0.0355. The fraction of sp³-hybridized carbons (Fsp3) is 0.611. The predicted molar refractivity (Wildman–Crippen MR) is 95.1 cm³/mol. The van der Waals surface area contributed by atoms with Crippen LogP contribution in [0.5, 0.6) is 0 Å². The van der Waals surface area contributed by atoms with Crippen molar-refractivity contribution in [1.29, 1.82) is 0 Å². The molecule has 1 amide bonds. The molecule has 2 aliphatic heterocycles. The van der Waals surface area contributed by atoms with E-state index in [2.05, 4.69) is 15.5 Å². The molecule has 0 aromatic heterocycles. The summed E-state index contributed by atoms with van der Waals surface area (Å²) in [7, 11) is 0. The van der Waals surface area contributed by atoms with E-state index in [1.165, 1.54) is 0 Å². The van der Waals surface area contributed by atoms with E-state index in [-0.39, 0.29) is 22.6 Å². The van der Waals surface area contributed by atoms with Crippen LogP contribution in [0.25, 0.3) is 0 Å². The number of nitrogens with zero attached hydrogens (tertiary/aromatic N) is 2. The Morgan fingerprint density at radius 3 is 2.92 bits per heavy atom. The first-order chi connectivity index (χ1) is 12.1. The van der Waals surface area contributed by atoms with E-state index >= 15 is 0 Å². The highest BCUT2D eigenvalue weighted by atomic mass is 16.6. The minimum Gasteiger partial charge on any atom is -0.354 e. The van der Waals surface area contributed by atoms with Gasteiger partial charge in [-0.05, 0) is 44.7 Å². The molecule has 0 aliphatic carbocycles. The van der Waals surface area contributed by atoms with Crippen LogP contribution < -0.4 is 10.6 Å². The molecule has 0 radical (unpaired) electrons. The second-order valence-corrected chi connectivity index (χ2v) is 7.02. The van der Waals surface area contributed by atoms with Crippen molar-refractivity contribution in [3.63, 3.8) is 0 Å². The molecule has 25 heavy (non-hydrogen) atoms. The van der Waals surface area contributed by atoms with Crippen LogP contribution in [0.15, 0.2) is 24.3 Å². The third kappa shape index (κ3) is 4.76. The summed E-state index contributed by atoms with van der Waals surface area (Å²) in [5.41, 5.74) is 0.942. The van der Waals surface area contributed by atoms with Crippen molar-refractivity contribution in [3.05, 3.63) is 39.9 Å². The van der Waals surface area contributed by atoms with Crippen LogP contribution in [0.1, 0.15) is 31.2 Å². The van der Waals surface area contributed by atoms with Crippen LogP contribution in [0.2, 0.25) is 0 Å². The highest BCUT2D eigenvalue weighted by Gasteiger charge is 2.25. The molecule has 0 spiro atoms. The molecule has 0 bridgehead atoms. The summed E-state index contributed by atoms with van der Waals surface area (Å²) in [6.07, 6.45) is 4.13. The van der Waals surface area contributed by atoms with Gasteiger partial charge in [-0.3, -0.25) is 19.8 Å². The molecule has 2 aliphatic rings. The SMILES string of the molecule is O=C(NCC1CCCN(Cc2ccccc2[N+](=O)[O-])C1)C1CCCN1. The van der Waals surface area contributed by atoms with Gasteiger partial charge in [0.1, 0.15) is 0 Å². The van der Waals surface area contributed by atoms with Gasteiger partial charge < -0.3 is 10.6 Å². The van der Waals surface area contributed by atoms with Crippen LogP contribution in [-0.4, -0.2) is 48.0 Å². The van der Waals surface area contributed by atoms with E-state index < -0.39 is 0 Å². The van der Waals surface area contributed by atoms with Gasteiger partial charge in [-0.2, -0.15) is 0 Å². The van der Waals surface area contributed by atoms with Crippen LogP contribution in [0.3, 0.4) is 0 Å². The number of likely N-dealkylation sites (tertiary alicyclic amines) is 1. The van der Waals surface area contributed by atoms with Gasteiger partial charge in [0.2, 0.25) is 5.91 Å². The molecule has 2 fully saturated rings. The average Bonchev–Trinajstić information content (AvgIpc) is 3.15. The number of hydrogen-bond acceptors (Lipinski definition) is 5. The highest BCUT2D eigenvalue weighted by Crippen LogP contribution is 2.23. The molecular formula is C18H26N4O3. The number of nitrogens with one attached hydrogen (secondary N) is 2. The van der Waals surface area contributed by atoms with Crippen LogP contribution in [0.4, 0.5) is 5.69 Å². The standard InChI is InChI=1S/C18H26N4O3/c23-18(16-7-3-9-19-16)20-11-14-5-4-10-21(12-14)13-15-6-1-2-8-17(15)22(24)25/h1-2,6,8,14,16,19H,3-5,7,9-13H2,(H,20,23). The highest BCUT2D eigenvalue weighted by molar-refractivity contribution is 5.81. The summed E-state index contributed by atoms with van der Waals surface area (Å²) >= 11 is 0. The smallest absolute Gasteiger partial charge is 0.273 e. The Labute approximate surface area is 147 Å². The Morgan fingerprint density at radius 2 is 2.16 bits per heavy atom. The Kier molecular flexibility index (Phi) is 5.99. The Morgan fingerprint density at radius 1 is 1.32 bits per heavy atom. The lowest BCUT2D eigenvalue weighted by atomic mass is 9.97. The summed E-state index contributed by atoms with van der Waals surface area (Å²) in [4.78, 5) is 25.2. The molecule has 2 N–H and O–H groups in total. The summed E-state index contributed by atoms with van der Waals surface area (Å²) in [6.45, 7) is 4.01. The zero-order valence-electron chi connectivity index (χ0n) is 14.4. The third-order valence-electron chi connectivity index (χ3n) is 5.13. The lowest BCUT2D eigenvalue weighted by molar-refractivity contribution is -0.385. The van der Waals surface area contributed by atoms with E-state index in [0.717, 1.165) is 50.9 Å². The maximum atomic E-state index is 12.1. The number of rotatable bonds is 6. The average molecular weight is 346 g/mol. The lowest BCUT2D eigenvalue weighted by Crippen LogP contribution is -2.45. The van der Waals surface area contributed by atoms with Gasteiger partial charge in [-0.25, -0.2) is 0 Å². The molecular weight excluding hydrogens is 320 g/mol. The summed E-state index contributed by atoms with van der Waals surface area (Å²) < 4.78 is 0. The molecule has 0 saturated carbocycles. The van der Waals surface area contributed by atoms with Crippen molar-refractivity contribution in [2.24, 2.45) is 5.92 Å². The second-order valence-electron chi connectivity index (χ2n) is 7.02. The molecule has 7 nitrogen and oxygen atoms in total. The maximum absolute atomic E-state index is 12.1. The van der Waals surface area contributed by atoms with Crippen molar-refractivity contribution in [2.75, 3.05) is 26.2 Å². The van der Waals surface area contributed by atoms with Crippen molar-refractivity contribution in [1.82, 2.24) is 15.5 Å². The molecule has 2 atom stereocenters. The fourth-order valence-corrected chi connectivity index (χ4v) is 3.80. The van der Waals surface area contributed by atoms with Gasteiger partial charge in [0.05, 0.1) is 11.0 Å². The first kappa shape index (κ1) is 17.8. The van der Waals surface area contributed by atoms with Gasteiger partial charge in [0.25, 0.3) is 5.69 Å². The number of piperidine rings is 1. The van der Waals surface area contributed by atoms with E-state index in [1.54, 1.807) is 12.1 Å². The van der Waals surface area contributed by atoms with E-state index in [0.29, 0.717) is 19.0 Å². The minimum atomic E-state index is -0.314.